The first kappa shape index (κ1) is 23.1. The van der Waals surface area contributed by atoms with Gasteiger partial charge in [0.15, 0.2) is 0 Å². The van der Waals surface area contributed by atoms with Gasteiger partial charge in [-0.25, -0.2) is 4.79 Å². The van der Waals surface area contributed by atoms with E-state index in [9.17, 15) is 9.59 Å². The van der Waals surface area contributed by atoms with Crippen LogP contribution < -0.4 is 5.32 Å². The Labute approximate surface area is 200 Å². The second kappa shape index (κ2) is 10.7. The minimum Gasteiger partial charge on any atom is -0.462 e. The molecule has 1 fully saturated rings. The number of nitrogens with zero attached hydrogens (tertiary/aromatic N) is 3. The van der Waals surface area contributed by atoms with Gasteiger partial charge in [-0.3, -0.25) is 9.69 Å². The molecule has 9 heteroatoms. The SMILES string of the molecule is CCOC(=O)c1ccccc1NC(=O)C1CCN(Cc2nc(-c3ccc(Br)cc3)no2)CC1. The van der Waals surface area contributed by atoms with Crippen LogP contribution >= 0.6 is 15.9 Å². The van der Waals surface area contributed by atoms with Crippen LogP contribution in [-0.2, 0) is 16.1 Å². The molecule has 0 unspecified atom stereocenters. The lowest BCUT2D eigenvalue weighted by molar-refractivity contribution is -0.121. The predicted octanol–water partition coefficient (Wildman–Crippen LogP) is 4.53. The van der Waals surface area contributed by atoms with Crippen molar-refractivity contribution in [3.8, 4) is 11.4 Å². The second-order valence-corrected chi connectivity index (χ2v) is 8.74. The fourth-order valence-corrected chi connectivity index (χ4v) is 4.06. The Kier molecular flexibility index (Phi) is 7.51. The Balaban J connectivity index is 1.30. The molecule has 0 saturated carbocycles. The molecule has 1 aromatic heterocycles. The number of benzene rings is 2. The van der Waals surface area contributed by atoms with Crippen LogP contribution in [0.1, 0.15) is 36.0 Å². The number of carbonyl (C=O) groups excluding carboxylic acids is 2. The molecule has 2 aromatic carbocycles. The summed E-state index contributed by atoms with van der Waals surface area (Å²) in [6, 6.07) is 14.7. The van der Waals surface area contributed by atoms with E-state index in [2.05, 4.69) is 36.3 Å². The minimum absolute atomic E-state index is 0.0817. The molecule has 4 rings (SSSR count). The van der Waals surface area contributed by atoms with Gasteiger partial charge in [-0.2, -0.15) is 4.98 Å². The molecule has 1 aliphatic rings. The number of ether oxygens (including phenoxy) is 1. The van der Waals surface area contributed by atoms with Crippen LogP contribution in [0.25, 0.3) is 11.4 Å². The van der Waals surface area contributed by atoms with Gasteiger partial charge in [0.05, 0.1) is 24.4 Å². The highest BCUT2D eigenvalue weighted by molar-refractivity contribution is 9.10. The number of piperidine rings is 1. The number of nitrogens with one attached hydrogen (secondary N) is 1. The first-order chi connectivity index (χ1) is 16.0. The van der Waals surface area contributed by atoms with Gasteiger partial charge in [-0.15, -0.1) is 0 Å². The number of hydrogen-bond acceptors (Lipinski definition) is 7. The van der Waals surface area contributed by atoms with E-state index in [4.69, 9.17) is 9.26 Å². The first-order valence-electron chi connectivity index (χ1n) is 10.9. The lowest BCUT2D eigenvalue weighted by Crippen LogP contribution is -2.38. The smallest absolute Gasteiger partial charge is 0.340 e. The minimum atomic E-state index is -0.440. The molecule has 1 aliphatic heterocycles. The summed E-state index contributed by atoms with van der Waals surface area (Å²) in [4.78, 5) is 31.7. The van der Waals surface area contributed by atoms with E-state index in [1.165, 1.54) is 0 Å². The van der Waals surface area contributed by atoms with Crippen LogP contribution in [0.5, 0.6) is 0 Å². The lowest BCUT2D eigenvalue weighted by Gasteiger charge is -2.30. The topological polar surface area (TPSA) is 97.6 Å². The van der Waals surface area contributed by atoms with E-state index in [1.54, 1.807) is 31.2 Å². The van der Waals surface area contributed by atoms with Crippen molar-refractivity contribution >= 4 is 33.5 Å². The summed E-state index contributed by atoms with van der Waals surface area (Å²) in [5.74, 6) is 0.468. The zero-order valence-corrected chi connectivity index (χ0v) is 19.9. The number of carbonyl (C=O) groups is 2. The van der Waals surface area contributed by atoms with Gasteiger partial charge in [0.1, 0.15) is 0 Å². The number of likely N-dealkylation sites (tertiary alicyclic amines) is 1. The fraction of sp³-hybridized carbons (Fsp3) is 0.333. The molecule has 1 saturated heterocycles. The van der Waals surface area contributed by atoms with E-state index < -0.39 is 5.97 Å². The monoisotopic (exact) mass is 512 g/mol. The Morgan fingerprint density at radius 3 is 2.61 bits per heavy atom. The summed E-state index contributed by atoms with van der Waals surface area (Å²) >= 11 is 3.42. The Bertz CT molecular complexity index is 1110. The zero-order valence-electron chi connectivity index (χ0n) is 18.3. The van der Waals surface area contributed by atoms with Gasteiger partial charge in [0, 0.05) is 16.0 Å². The molecular formula is C24H25BrN4O4. The predicted molar refractivity (Wildman–Crippen MR) is 126 cm³/mol. The Morgan fingerprint density at radius 1 is 1.15 bits per heavy atom. The molecule has 0 aliphatic carbocycles. The normalized spacial score (nSPS) is 14.7. The van der Waals surface area contributed by atoms with E-state index in [0.717, 1.165) is 23.1 Å². The summed E-state index contributed by atoms with van der Waals surface area (Å²) in [7, 11) is 0. The van der Waals surface area contributed by atoms with Gasteiger partial charge in [0.2, 0.25) is 17.6 Å². The summed E-state index contributed by atoms with van der Waals surface area (Å²) < 4.78 is 11.5. The molecular weight excluding hydrogens is 488 g/mol. The van der Waals surface area contributed by atoms with Gasteiger partial charge < -0.3 is 14.6 Å². The molecule has 0 radical (unpaired) electrons. The van der Waals surface area contributed by atoms with Crippen LogP contribution in [0.4, 0.5) is 5.69 Å². The number of aromatic nitrogens is 2. The van der Waals surface area contributed by atoms with E-state index in [-0.39, 0.29) is 18.4 Å². The van der Waals surface area contributed by atoms with Crippen molar-refractivity contribution in [2.45, 2.75) is 26.3 Å². The van der Waals surface area contributed by atoms with Crippen molar-refractivity contribution in [2.24, 2.45) is 5.92 Å². The van der Waals surface area contributed by atoms with Crippen molar-refractivity contribution in [1.29, 1.82) is 0 Å². The molecule has 0 spiro atoms. The van der Waals surface area contributed by atoms with Crippen molar-refractivity contribution in [1.82, 2.24) is 15.0 Å². The number of amides is 1. The average molecular weight is 513 g/mol. The molecule has 1 N–H and O–H groups in total. The van der Waals surface area contributed by atoms with Crippen molar-refractivity contribution < 1.29 is 18.8 Å². The standard InChI is InChI=1S/C24H25BrN4O4/c1-2-32-24(31)19-5-3-4-6-20(19)26-23(30)17-11-13-29(14-12-17)15-21-27-22(28-33-21)16-7-9-18(25)10-8-16/h3-10,17H,2,11-15H2,1H3,(H,26,30). The molecule has 8 nitrogen and oxygen atoms in total. The maximum Gasteiger partial charge on any atom is 0.340 e. The summed E-state index contributed by atoms with van der Waals surface area (Å²) in [6.07, 6.45) is 1.42. The largest absolute Gasteiger partial charge is 0.462 e. The van der Waals surface area contributed by atoms with Gasteiger partial charge in [0.25, 0.3) is 0 Å². The average Bonchev–Trinajstić information content (AvgIpc) is 3.29. The first-order valence-corrected chi connectivity index (χ1v) is 11.7. The number of para-hydroxylation sites is 1. The van der Waals surface area contributed by atoms with E-state index >= 15 is 0 Å². The summed E-state index contributed by atoms with van der Waals surface area (Å²) in [6.45, 7) is 4.07. The fourth-order valence-electron chi connectivity index (χ4n) is 3.79. The second-order valence-electron chi connectivity index (χ2n) is 7.82. The Morgan fingerprint density at radius 2 is 1.88 bits per heavy atom. The van der Waals surface area contributed by atoms with Crippen LogP contribution in [0.2, 0.25) is 0 Å². The quantitative estimate of drug-likeness (QED) is 0.464. The maximum absolute atomic E-state index is 12.8. The number of anilines is 1. The van der Waals surface area contributed by atoms with E-state index in [1.807, 2.05) is 24.3 Å². The van der Waals surface area contributed by atoms with Crippen LogP contribution in [-0.4, -0.2) is 46.6 Å². The van der Waals surface area contributed by atoms with Crippen molar-refractivity contribution in [2.75, 3.05) is 25.0 Å². The summed E-state index contributed by atoms with van der Waals surface area (Å²) in [5.41, 5.74) is 1.74. The molecule has 0 atom stereocenters. The van der Waals surface area contributed by atoms with Crippen molar-refractivity contribution in [3.63, 3.8) is 0 Å². The molecule has 2 heterocycles. The van der Waals surface area contributed by atoms with Crippen LogP contribution in [0.3, 0.4) is 0 Å². The van der Waals surface area contributed by atoms with Crippen molar-refractivity contribution in [3.05, 3.63) is 64.5 Å². The third-order valence-corrected chi connectivity index (χ3v) is 6.10. The summed E-state index contributed by atoms with van der Waals surface area (Å²) in [5, 5.41) is 6.98. The maximum atomic E-state index is 12.8. The van der Waals surface area contributed by atoms with Crippen LogP contribution in [0, 0.1) is 5.92 Å². The lowest BCUT2D eigenvalue weighted by atomic mass is 9.95. The highest BCUT2D eigenvalue weighted by atomic mass is 79.9. The molecule has 1 amide bonds. The third kappa shape index (κ3) is 5.85. The van der Waals surface area contributed by atoms with Gasteiger partial charge in [-0.1, -0.05) is 33.2 Å². The number of hydrogen-bond donors (Lipinski definition) is 1. The van der Waals surface area contributed by atoms with Gasteiger partial charge in [-0.05, 0) is 69.3 Å². The number of halogens is 1. The number of esters is 1. The molecule has 3 aromatic rings. The Hall–Kier alpha value is -3.04. The third-order valence-electron chi connectivity index (χ3n) is 5.57. The van der Waals surface area contributed by atoms with E-state index in [0.29, 0.717) is 42.4 Å². The zero-order chi connectivity index (χ0) is 23.2. The van der Waals surface area contributed by atoms with Crippen LogP contribution in [0.15, 0.2) is 57.5 Å². The molecule has 33 heavy (non-hydrogen) atoms. The number of rotatable bonds is 7. The molecule has 0 bridgehead atoms. The highest BCUT2D eigenvalue weighted by Crippen LogP contribution is 2.24. The van der Waals surface area contributed by atoms with Gasteiger partial charge >= 0.3 is 5.97 Å². The highest BCUT2D eigenvalue weighted by Gasteiger charge is 2.27. The molecule has 172 valence electrons.